The summed E-state index contributed by atoms with van der Waals surface area (Å²) in [6, 6.07) is 12.4. The van der Waals surface area contributed by atoms with Gasteiger partial charge in [-0.3, -0.25) is 0 Å². The van der Waals surface area contributed by atoms with Crippen molar-refractivity contribution in [1.82, 2.24) is 0 Å². The molecule has 0 saturated carbocycles. The van der Waals surface area contributed by atoms with Gasteiger partial charge < -0.3 is 15.2 Å². The second-order valence-corrected chi connectivity index (χ2v) is 5.63. The van der Waals surface area contributed by atoms with Crippen LogP contribution in [0, 0.1) is 12.1 Å². The largest absolute Gasteiger partial charge is 0.618 e. The Morgan fingerprint density at radius 2 is 1.83 bits per heavy atom. The van der Waals surface area contributed by atoms with Gasteiger partial charge in [-0.1, -0.05) is 12.1 Å². The molecule has 0 amide bonds. The van der Waals surface area contributed by atoms with E-state index in [1.54, 1.807) is 13.0 Å². The van der Waals surface area contributed by atoms with Crippen molar-refractivity contribution in [2.75, 3.05) is 19.0 Å². The molecule has 0 saturated heterocycles. The number of nitrogens with zero attached hydrogens (tertiary/aromatic N) is 2. The molecule has 0 spiro atoms. The second kappa shape index (κ2) is 7.46. The van der Waals surface area contributed by atoms with Crippen LogP contribution in [0.15, 0.2) is 48.5 Å². The first-order chi connectivity index (χ1) is 11.4. The number of allylic oxidation sites excluding steroid dienone is 1. The molecule has 2 aromatic carbocycles. The van der Waals surface area contributed by atoms with Gasteiger partial charge in [-0.25, -0.2) is 4.79 Å². The van der Waals surface area contributed by atoms with E-state index in [9.17, 15) is 10.0 Å². The van der Waals surface area contributed by atoms with Gasteiger partial charge in [0.15, 0.2) is 6.21 Å². The molecule has 0 bridgehead atoms. The minimum absolute atomic E-state index is 0.168. The minimum atomic E-state index is -1.01. The standard InChI is InChI=1S/C19H20N2O3/c1-14-13-16(19(22)23)8-11-18(14)21(24)12-4-5-15-6-9-17(10-7-15)20(2)3/h4-13H,1-3H3,(H,22,23). The number of aromatic carboxylic acids is 1. The molecule has 0 radical (unpaired) electrons. The van der Waals surface area contributed by atoms with E-state index < -0.39 is 5.97 Å². The lowest BCUT2D eigenvalue weighted by Gasteiger charge is -2.11. The van der Waals surface area contributed by atoms with Crippen molar-refractivity contribution in [3.05, 3.63) is 70.4 Å². The minimum Gasteiger partial charge on any atom is -0.618 e. The van der Waals surface area contributed by atoms with E-state index in [4.69, 9.17) is 5.11 Å². The zero-order chi connectivity index (χ0) is 17.7. The third-order valence-electron chi connectivity index (χ3n) is 3.60. The van der Waals surface area contributed by atoms with E-state index in [1.165, 1.54) is 24.4 Å². The molecule has 24 heavy (non-hydrogen) atoms. The van der Waals surface area contributed by atoms with Crippen LogP contribution < -0.4 is 4.90 Å². The lowest BCUT2D eigenvalue weighted by atomic mass is 10.1. The van der Waals surface area contributed by atoms with E-state index in [0.29, 0.717) is 11.3 Å². The third kappa shape index (κ3) is 4.23. The van der Waals surface area contributed by atoms with Gasteiger partial charge in [-0.2, -0.15) is 4.74 Å². The highest BCUT2D eigenvalue weighted by Crippen LogP contribution is 2.19. The van der Waals surface area contributed by atoms with Gasteiger partial charge in [-0.05, 0) is 42.8 Å². The molecule has 5 nitrogen and oxygen atoms in total. The van der Waals surface area contributed by atoms with Crippen LogP contribution in [0.25, 0.3) is 6.08 Å². The Bertz CT molecular complexity index is 791. The summed E-state index contributed by atoms with van der Waals surface area (Å²) in [5.74, 6) is -1.01. The normalized spacial score (nSPS) is 11.7. The molecule has 0 aromatic heterocycles. The van der Waals surface area contributed by atoms with Gasteiger partial charge in [-0.15, -0.1) is 0 Å². The van der Waals surface area contributed by atoms with Gasteiger partial charge in [0.1, 0.15) is 0 Å². The molecule has 124 valence electrons. The lowest BCUT2D eigenvalue weighted by molar-refractivity contribution is -0.354. The molecule has 5 heteroatoms. The summed E-state index contributed by atoms with van der Waals surface area (Å²) in [6.07, 6.45) is 4.91. The van der Waals surface area contributed by atoms with E-state index in [1.807, 2.05) is 49.3 Å². The van der Waals surface area contributed by atoms with Crippen LogP contribution in [0.4, 0.5) is 11.4 Å². The Balaban J connectivity index is 2.14. The molecule has 2 aromatic rings. The van der Waals surface area contributed by atoms with Gasteiger partial charge in [0.2, 0.25) is 5.69 Å². The Labute approximate surface area is 141 Å². The molecule has 0 atom stereocenters. The highest BCUT2D eigenvalue weighted by molar-refractivity contribution is 5.88. The average Bonchev–Trinajstić information content (AvgIpc) is 2.55. The summed E-state index contributed by atoms with van der Waals surface area (Å²) < 4.78 is 0.728. The predicted molar refractivity (Wildman–Crippen MR) is 97.3 cm³/mol. The first-order valence-corrected chi connectivity index (χ1v) is 7.47. The molecule has 0 heterocycles. The van der Waals surface area contributed by atoms with Crippen LogP contribution in [0.2, 0.25) is 0 Å². The quantitative estimate of drug-likeness (QED) is 0.394. The Morgan fingerprint density at radius 3 is 2.38 bits per heavy atom. The van der Waals surface area contributed by atoms with Crippen LogP contribution in [0.3, 0.4) is 0 Å². The zero-order valence-corrected chi connectivity index (χ0v) is 13.9. The zero-order valence-electron chi connectivity index (χ0n) is 13.9. The highest BCUT2D eigenvalue weighted by atomic mass is 16.5. The summed E-state index contributed by atoms with van der Waals surface area (Å²) in [7, 11) is 3.96. The van der Waals surface area contributed by atoms with Crippen molar-refractivity contribution < 1.29 is 14.6 Å². The van der Waals surface area contributed by atoms with Crippen LogP contribution >= 0.6 is 0 Å². The predicted octanol–water partition coefficient (Wildman–Crippen LogP) is 3.69. The summed E-state index contributed by atoms with van der Waals surface area (Å²) in [5, 5.41) is 21.1. The number of aryl methyl sites for hydroxylation is 1. The number of carboxylic acids is 1. The lowest BCUT2D eigenvalue weighted by Crippen LogP contribution is -2.07. The van der Waals surface area contributed by atoms with Crippen molar-refractivity contribution in [3.8, 4) is 0 Å². The van der Waals surface area contributed by atoms with Crippen molar-refractivity contribution in [3.63, 3.8) is 0 Å². The number of hydrogen-bond acceptors (Lipinski definition) is 3. The van der Waals surface area contributed by atoms with Crippen molar-refractivity contribution in [2.45, 2.75) is 6.92 Å². The molecule has 0 fully saturated rings. The van der Waals surface area contributed by atoms with Crippen LogP contribution in [-0.2, 0) is 0 Å². The van der Waals surface area contributed by atoms with Gasteiger partial charge in [0.25, 0.3) is 0 Å². The van der Waals surface area contributed by atoms with Crippen molar-refractivity contribution in [1.29, 1.82) is 0 Å². The van der Waals surface area contributed by atoms with Gasteiger partial charge in [0, 0.05) is 37.5 Å². The van der Waals surface area contributed by atoms with Crippen LogP contribution in [-0.4, -0.2) is 36.1 Å². The molecule has 0 aliphatic carbocycles. The summed E-state index contributed by atoms with van der Waals surface area (Å²) in [5.41, 5.74) is 3.30. The average molecular weight is 324 g/mol. The Kier molecular flexibility index (Phi) is 5.37. The molecule has 0 unspecified atom stereocenters. The maximum absolute atomic E-state index is 12.1. The first-order valence-electron chi connectivity index (χ1n) is 7.47. The fourth-order valence-corrected chi connectivity index (χ4v) is 2.23. The van der Waals surface area contributed by atoms with Crippen molar-refractivity contribution >= 4 is 29.6 Å². The SMILES string of the molecule is Cc1cc(C(=O)O)ccc1[N+]([O-])=CC=Cc1ccc(N(C)C)cc1. The van der Waals surface area contributed by atoms with E-state index in [0.717, 1.165) is 16.0 Å². The summed E-state index contributed by atoms with van der Waals surface area (Å²) >= 11 is 0. The molecule has 1 N–H and O–H groups in total. The molecule has 0 aliphatic heterocycles. The van der Waals surface area contributed by atoms with Crippen LogP contribution in [0.1, 0.15) is 21.5 Å². The fraction of sp³-hybridized carbons (Fsp3) is 0.158. The maximum atomic E-state index is 12.1. The Hall–Kier alpha value is -3.08. The van der Waals surface area contributed by atoms with E-state index in [2.05, 4.69) is 0 Å². The smallest absolute Gasteiger partial charge is 0.335 e. The maximum Gasteiger partial charge on any atom is 0.335 e. The third-order valence-corrected chi connectivity index (χ3v) is 3.60. The number of carbonyl (C=O) groups is 1. The number of benzene rings is 2. The monoisotopic (exact) mass is 324 g/mol. The van der Waals surface area contributed by atoms with Crippen LogP contribution in [0.5, 0.6) is 0 Å². The molecule has 0 aliphatic rings. The topological polar surface area (TPSA) is 66.6 Å². The summed E-state index contributed by atoms with van der Waals surface area (Å²) in [6.45, 7) is 1.71. The van der Waals surface area contributed by atoms with Gasteiger partial charge in [0.05, 0.1) is 5.56 Å². The van der Waals surface area contributed by atoms with E-state index in [-0.39, 0.29) is 5.56 Å². The number of anilines is 1. The number of rotatable bonds is 5. The number of hydrogen-bond donors (Lipinski definition) is 1. The Morgan fingerprint density at radius 1 is 1.17 bits per heavy atom. The second-order valence-electron chi connectivity index (χ2n) is 5.63. The molecular weight excluding hydrogens is 304 g/mol. The number of carboxylic acid groups (broad SMARTS) is 1. The van der Waals surface area contributed by atoms with E-state index >= 15 is 0 Å². The molecular formula is C19H20N2O3. The van der Waals surface area contributed by atoms with Crippen molar-refractivity contribution in [2.24, 2.45) is 0 Å². The summed E-state index contributed by atoms with van der Waals surface area (Å²) in [4.78, 5) is 12.9. The first kappa shape index (κ1) is 17.3. The fourth-order valence-electron chi connectivity index (χ4n) is 2.23. The molecule has 2 rings (SSSR count). The highest BCUT2D eigenvalue weighted by Gasteiger charge is 2.10. The van der Waals surface area contributed by atoms with Gasteiger partial charge >= 0.3 is 5.97 Å².